The Balaban J connectivity index is 1.88. The fourth-order valence-corrected chi connectivity index (χ4v) is 3.96. The van der Waals surface area contributed by atoms with Gasteiger partial charge in [0.2, 0.25) is 5.78 Å². The van der Waals surface area contributed by atoms with Crippen molar-refractivity contribution in [3.8, 4) is 0 Å². The Morgan fingerprint density at radius 1 is 1.17 bits per heavy atom. The Hall–Kier alpha value is -1.87. The van der Waals surface area contributed by atoms with E-state index in [2.05, 4.69) is 29.8 Å². The van der Waals surface area contributed by atoms with E-state index >= 15 is 0 Å². The number of H-pyrrole nitrogens is 1. The molecule has 0 aliphatic heterocycles. The van der Waals surface area contributed by atoms with Gasteiger partial charge >= 0.3 is 0 Å². The highest BCUT2D eigenvalue weighted by Crippen LogP contribution is 2.29. The van der Waals surface area contributed by atoms with Crippen LogP contribution in [0.1, 0.15) is 60.3 Å². The van der Waals surface area contributed by atoms with Gasteiger partial charge in [-0.05, 0) is 68.5 Å². The fraction of sp³-hybridized carbons (Fsp3) is 0.476. The van der Waals surface area contributed by atoms with E-state index in [-0.39, 0.29) is 5.78 Å². The Bertz CT molecular complexity index is 669. The van der Waals surface area contributed by atoms with Gasteiger partial charge < -0.3 is 9.88 Å². The summed E-state index contributed by atoms with van der Waals surface area (Å²) in [5, 5.41) is 0. The number of benzene rings is 1. The molecule has 0 radical (unpaired) electrons. The molecule has 0 fully saturated rings. The van der Waals surface area contributed by atoms with E-state index in [1.807, 2.05) is 30.5 Å². The van der Waals surface area contributed by atoms with Crippen molar-refractivity contribution in [2.24, 2.45) is 0 Å². The lowest BCUT2D eigenvalue weighted by Gasteiger charge is -2.35. The maximum absolute atomic E-state index is 12.9. The van der Waals surface area contributed by atoms with Crippen molar-refractivity contribution in [3.63, 3.8) is 0 Å². The summed E-state index contributed by atoms with van der Waals surface area (Å²) in [6.45, 7) is 6.81. The highest BCUT2D eigenvalue weighted by molar-refractivity contribution is 6.09. The van der Waals surface area contributed by atoms with Crippen molar-refractivity contribution in [1.82, 2.24) is 9.88 Å². The van der Waals surface area contributed by atoms with Crippen molar-refractivity contribution in [2.45, 2.75) is 52.0 Å². The number of fused-ring (bicyclic) bond motifs is 1. The summed E-state index contributed by atoms with van der Waals surface area (Å²) < 4.78 is 0. The van der Waals surface area contributed by atoms with Crippen LogP contribution < -0.4 is 0 Å². The minimum atomic E-state index is 0.120. The van der Waals surface area contributed by atoms with Gasteiger partial charge in [-0.25, -0.2) is 0 Å². The van der Waals surface area contributed by atoms with Crippen LogP contribution in [0.15, 0.2) is 36.5 Å². The minimum absolute atomic E-state index is 0.120. The van der Waals surface area contributed by atoms with E-state index in [0.29, 0.717) is 11.7 Å². The van der Waals surface area contributed by atoms with Crippen molar-refractivity contribution < 1.29 is 4.79 Å². The Kier molecular flexibility index (Phi) is 5.52. The highest BCUT2D eigenvalue weighted by atomic mass is 16.1. The molecular weight excluding hydrogens is 296 g/mol. The number of aryl methyl sites for hydroxylation is 1. The lowest BCUT2D eigenvalue weighted by Crippen LogP contribution is -2.40. The van der Waals surface area contributed by atoms with Crippen molar-refractivity contribution in [3.05, 3.63) is 58.9 Å². The number of carbonyl (C=O) groups is 1. The molecule has 1 atom stereocenters. The molecule has 1 aromatic carbocycles. The van der Waals surface area contributed by atoms with E-state index < -0.39 is 0 Å². The maximum atomic E-state index is 12.9. The summed E-state index contributed by atoms with van der Waals surface area (Å²) in [6, 6.07) is 10.5. The molecular formula is C21H28N2O. The third kappa shape index (κ3) is 3.46. The summed E-state index contributed by atoms with van der Waals surface area (Å²) in [7, 11) is 0. The molecule has 1 unspecified atom stereocenters. The average molecular weight is 324 g/mol. The molecule has 1 N–H and O–H groups in total. The predicted octanol–water partition coefficient (Wildman–Crippen LogP) is 4.23. The zero-order chi connectivity index (χ0) is 16.9. The zero-order valence-electron chi connectivity index (χ0n) is 14.8. The average Bonchev–Trinajstić information content (AvgIpc) is 3.14. The van der Waals surface area contributed by atoms with E-state index in [1.165, 1.54) is 30.4 Å². The van der Waals surface area contributed by atoms with Crippen LogP contribution >= 0.6 is 0 Å². The van der Waals surface area contributed by atoms with Gasteiger partial charge in [-0.2, -0.15) is 0 Å². The molecule has 1 aliphatic carbocycles. The second-order valence-corrected chi connectivity index (χ2v) is 6.79. The third-order valence-electron chi connectivity index (χ3n) is 5.08. The van der Waals surface area contributed by atoms with Gasteiger partial charge in [0.05, 0.1) is 5.69 Å². The third-order valence-corrected chi connectivity index (χ3v) is 5.08. The number of ketones is 1. The van der Waals surface area contributed by atoms with Crippen LogP contribution in [0, 0.1) is 0 Å². The van der Waals surface area contributed by atoms with Crippen LogP contribution in [0.4, 0.5) is 0 Å². The van der Waals surface area contributed by atoms with E-state index in [4.69, 9.17) is 0 Å². The van der Waals surface area contributed by atoms with Crippen LogP contribution in [-0.2, 0) is 12.8 Å². The number of aromatic amines is 1. The second-order valence-electron chi connectivity index (χ2n) is 6.79. The van der Waals surface area contributed by atoms with Gasteiger partial charge in [0.15, 0.2) is 0 Å². The molecule has 0 amide bonds. The number of hydrogen-bond donors (Lipinski definition) is 1. The van der Waals surface area contributed by atoms with Gasteiger partial charge in [-0.1, -0.05) is 32.0 Å². The molecule has 24 heavy (non-hydrogen) atoms. The van der Waals surface area contributed by atoms with E-state index in [9.17, 15) is 4.79 Å². The number of nitrogens with zero attached hydrogens (tertiary/aromatic N) is 1. The van der Waals surface area contributed by atoms with Gasteiger partial charge in [-0.15, -0.1) is 0 Å². The summed E-state index contributed by atoms with van der Waals surface area (Å²) in [6.07, 6.45) is 7.47. The van der Waals surface area contributed by atoms with Crippen molar-refractivity contribution in [1.29, 1.82) is 0 Å². The molecule has 128 valence electrons. The second kappa shape index (κ2) is 7.80. The van der Waals surface area contributed by atoms with Gasteiger partial charge in [0.1, 0.15) is 0 Å². The summed E-state index contributed by atoms with van der Waals surface area (Å²) in [5.74, 6) is 0.120. The first-order valence-corrected chi connectivity index (χ1v) is 9.27. The summed E-state index contributed by atoms with van der Waals surface area (Å²) in [4.78, 5) is 18.5. The Morgan fingerprint density at radius 3 is 2.62 bits per heavy atom. The number of hydrogen-bond acceptors (Lipinski definition) is 2. The minimum Gasteiger partial charge on any atom is -0.359 e. The number of aromatic nitrogens is 1. The predicted molar refractivity (Wildman–Crippen MR) is 98.6 cm³/mol. The molecule has 1 aliphatic rings. The van der Waals surface area contributed by atoms with E-state index in [1.54, 1.807) is 0 Å². The molecule has 3 nitrogen and oxygen atoms in total. The quantitative estimate of drug-likeness (QED) is 0.774. The fourth-order valence-electron chi connectivity index (χ4n) is 3.96. The first-order chi connectivity index (χ1) is 11.7. The van der Waals surface area contributed by atoms with Crippen molar-refractivity contribution >= 4 is 5.78 Å². The first-order valence-electron chi connectivity index (χ1n) is 9.27. The zero-order valence-corrected chi connectivity index (χ0v) is 14.8. The maximum Gasteiger partial charge on any atom is 0.209 e. The number of nitrogens with one attached hydrogen (secondary N) is 1. The van der Waals surface area contributed by atoms with Gasteiger partial charge in [-0.3, -0.25) is 4.79 Å². The molecule has 1 heterocycles. The molecule has 0 saturated heterocycles. The molecule has 1 aromatic heterocycles. The van der Waals surface area contributed by atoms with Crippen LogP contribution in [0.3, 0.4) is 0 Å². The lowest BCUT2D eigenvalue weighted by molar-refractivity contribution is 0.103. The first kappa shape index (κ1) is 17.0. The van der Waals surface area contributed by atoms with Gasteiger partial charge in [0.25, 0.3) is 0 Å². The standard InChI is InChI=1S/C21H28N2O/c1-3-13-23(14-4-2)17-11-10-16-7-5-8-18(19(16)15-17)21(24)20-9-6-12-22-20/h5-9,12,17,22H,3-4,10-11,13-15H2,1-2H3. The number of carbonyl (C=O) groups excluding carboxylic acids is 1. The smallest absolute Gasteiger partial charge is 0.209 e. The highest BCUT2D eigenvalue weighted by Gasteiger charge is 2.27. The lowest BCUT2D eigenvalue weighted by atomic mass is 9.83. The van der Waals surface area contributed by atoms with E-state index in [0.717, 1.165) is 31.5 Å². The monoisotopic (exact) mass is 324 g/mol. The molecule has 2 aromatic rings. The van der Waals surface area contributed by atoms with Gasteiger partial charge in [0, 0.05) is 17.8 Å². The SMILES string of the molecule is CCCN(CCC)C1CCc2cccc(C(=O)c3ccc[nH]3)c2C1. The normalized spacial score (nSPS) is 17.0. The van der Waals surface area contributed by atoms with Crippen LogP contribution in [0.5, 0.6) is 0 Å². The largest absolute Gasteiger partial charge is 0.359 e. The van der Waals surface area contributed by atoms with Crippen LogP contribution in [0.2, 0.25) is 0 Å². The molecule has 0 saturated carbocycles. The van der Waals surface area contributed by atoms with Crippen molar-refractivity contribution in [2.75, 3.05) is 13.1 Å². The topological polar surface area (TPSA) is 36.1 Å². The summed E-state index contributed by atoms with van der Waals surface area (Å²) in [5.41, 5.74) is 4.19. The molecule has 3 rings (SSSR count). The molecule has 0 spiro atoms. The van der Waals surface area contributed by atoms with Crippen LogP contribution in [0.25, 0.3) is 0 Å². The Labute approximate surface area is 145 Å². The molecule has 3 heteroatoms. The van der Waals surface area contributed by atoms with Crippen LogP contribution in [-0.4, -0.2) is 34.8 Å². The summed E-state index contributed by atoms with van der Waals surface area (Å²) >= 11 is 0. The molecule has 0 bridgehead atoms. The Morgan fingerprint density at radius 2 is 1.96 bits per heavy atom. The number of rotatable bonds is 7.